The molecular formula is C13H17ClN2OS. The highest BCUT2D eigenvalue weighted by Gasteiger charge is 2.15. The number of carbonyl (C=O) groups is 1. The quantitative estimate of drug-likeness (QED) is 0.868. The fourth-order valence-corrected chi connectivity index (χ4v) is 3.50. The average molecular weight is 285 g/mol. The van der Waals surface area contributed by atoms with Crippen LogP contribution in [0.25, 0.3) is 0 Å². The van der Waals surface area contributed by atoms with Gasteiger partial charge in [-0.25, -0.2) is 4.98 Å². The number of aromatic nitrogens is 1. The number of hydrogen-bond donors (Lipinski definition) is 1. The monoisotopic (exact) mass is 284 g/mol. The van der Waals surface area contributed by atoms with Gasteiger partial charge in [0.05, 0.1) is 0 Å². The molecule has 1 amide bonds. The van der Waals surface area contributed by atoms with Crippen LogP contribution in [0.1, 0.15) is 28.9 Å². The van der Waals surface area contributed by atoms with Crippen molar-refractivity contribution in [1.29, 1.82) is 0 Å². The topological polar surface area (TPSA) is 42.0 Å². The third-order valence-corrected chi connectivity index (χ3v) is 4.32. The van der Waals surface area contributed by atoms with E-state index in [2.05, 4.69) is 10.3 Å². The highest BCUT2D eigenvalue weighted by atomic mass is 35.5. The molecule has 1 aliphatic heterocycles. The van der Waals surface area contributed by atoms with E-state index in [9.17, 15) is 4.79 Å². The largest absolute Gasteiger partial charge is 0.352 e. The van der Waals surface area contributed by atoms with Gasteiger partial charge in [0.1, 0.15) is 5.15 Å². The van der Waals surface area contributed by atoms with Crippen LogP contribution in [0.3, 0.4) is 0 Å². The second kappa shape index (κ2) is 6.43. The standard InChI is InChI=1S/C13H17ClN2OS/c1-9-6-11(7-12(14)16-9)13(17)15-8-10-2-4-18-5-3-10/h6-7,10H,2-5,8H2,1H3,(H,15,17). The number of hydrogen-bond acceptors (Lipinski definition) is 3. The predicted octanol–water partition coefficient (Wildman–Crippen LogP) is 2.92. The smallest absolute Gasteiger partial charge is 0.251 e. The first-order valence-corrected chi connectivity index (χ1v) is 7.68. The summed E-state index contributed by atoms with van der Waals surface area (Å²) in [5, 5.41) is 3.36. The van der Waals surface area contributed by atoms with Crippen molar-refractivity contribution in [2.45, 2.75) is 19.8 Å². The zero-order chi connectivity index (χ0) is 13.0. The van der Waals surface area contributed by atoms with Gasteiger partial charge in [0, 0.05) is 17.8 Å². The first kappa shape index (κ1) is 13.7. The molecule has 0 spiro atoms. The summed E-state index contributed by atoms with van der Waals surface area (Å²) in [6.45, 7) is 2.60. The molecule has 5 heteroatoms. The highest BCUT2D eigenvalue weighted by molar-refractivity contribution is 7.99. The molecule has 1 aromatic rings. The zero-order valence-electron chi connectivity index (χ0n) is 10.4. The molecule has 0 radical (unpaired) electrons. The van der Waals surface area contributed by atoms with E-state index in [0.29, 0.717) is 16.6 Å². The fourth-order valence-electron chi connectivity index (χ4n) is 2.05. The number of amides is 1. The maximum atomic E-state index is 12.0. The molecule has 98 valence electrons. The number of pyridine rings is 1. The minimum absolute atomic E-state index is 0.0550. The van der Waals surface area contributed by atoms with Crippen molar-refractivity contribution in [3.05, 3.63) is 28.5 Å². The lowest BCUT2D eigenvalue weighted by molar-refractivity contribution is 0.0946. The van der Waals surface area contributed by atoms with Gasteiger partial charge in [-0.2, -0.15) is 11.8 Å². The van der Waals surface area contributed by atoms with Crippen molar-refractivity contribution >= 4 is 29.3 Å². The molecule has 1 saturated heterocycles. The number of nitrogens with one attached hydrogen (secondary N) is 1. The van der Waals surface area contributed by atoms with E-state index >= 15 is 0 Å². The fraction of sp³-hybridized carbons (Fsp3) is 0.538. The molecule has 18 heavy (non-hydrogen) atoms. The summed E-state index contributed by atoms with van der Waals surface area (Å²) in [5.41, 5.74) is 1.36. The Morgan fingerprint density at radius 1 is 1.50 bits per heavy atom. The summed E-state index contributed by atoms with van der Waals surface area (Å²) in [6, 6.07) is 3.37. The van der Waals surface area contributed by atoms with Crippen molar-refractivity contribution < 1.29 is 4.79 Å². The zero-order valence-corrected chi connectivity index (χ0v) is 12.0. The molecule has 0 aromatic carbocycles. The minimum atomic E-state index is -0.0550. The second-order valence-electron chi connectivity index (χ2n) is 4.59. The van der Waals surface area contributed by atoms with Gasteiger partial charge in [-0.1, -0.05) is 11.6 Å². The van der Waals surface area contributed by atoms with E-state index in [1.165, 1.54) is 24.3 Å². The summed E-state index contributed by atoms with van der Waals surface area (Å²) in [7, 11) is 0. The van der Waals surface area contributed by atoms with Crippen LogP contribution in [0.2, 0.25) is 5.15 Å². The molecule has 3 nitrogen and oxygen atoms in total. The van der Waals surface area contributed by atoms with Gasteiger partial charge in [-0.3, -0.25) is 4.79 Å². The van der Waals surface area contributed by atoms with E-state index < -0.39 is 0 Å². The van der Waals surface area contributed by atoms with E-state index in [0.717, 1.165) is 12.2 Å². The molecule has 1 aliphatic rings. The number of nitrogens with zero attached hydrogens (tertiary/aromatic N) is 1. The van der Waals surface area contributed by atoms with Crippen LogP contribution >= 0.6 is 23.4 Å². The third-order valence-electron chi connectivity index (χ3n) is 3.08. The van der Waals surface area contributed by atoms with Crippen LogP contribution in [0.5, 0.6) is 0 Å². The first-order valence-electron chi connectivity index (χ1n) is 6.15. The van der Waals surface area contributed by atoms with Crippen LogP contribution in [0.4, 0.5) is 0 Å². The molecule has 1 fully saturated rings. The molecule has 2 rings (SSSR count). The van der Waals surface area contributed by atoms with Crippen molar-refractivity contribution in [2.24, 2.45) is 5.92 Å². The number of aryl methyl sites for hydroxylation is 1. The summed E-state index contributed by atoms with van der Waals surface area (Å²) >= 11 is 7.84. The lowest BCUT2D eigenvalue weighted by atomic mass is 10.0. The van der Waals surface area contributed by atoms with Gasteiger partial charge in [0.15, 0.2) is 0 Å². The summed E-state index contributed by atoms with van der Waals surface area (Å²) in [6.07, 6.45) is 2.39. The number of thioether (sulfide) groups is 1. The molecular weight excluding hydrogens is 268 g/mol. The van der Waals surface area contributed by atoms with Crippen LogP contribution in [0, 0.1) is 12.8 Å². The number of carbonyl (C=O) groups excluding carboxylic acids is 1. The Kier molecular flexibility index (Phi) is 4.89. The van der Waals surface area contributed by atoms with Gasteiger partial charge in [0.25, 0.3) is 5.91 Å². The Labute approximate surface area is 117 Å². The summed E-state index contributed by atoms with van der Waals surface area (Å²) in [5.74, 6) is 2.98. The van der Waals surface area contributed by atoms with E-state index in [4.69, 9.17) is 11.6 Å². The van der Waals surface area contributed by atoms with Crippen molar-refractivity contribution in [1.82, 2.24) is 10.3 Å². The van der Waals surface area contributed by atoms with Gasteiger partial charge >= 0.3 is 0 Å². The lowest BCUT2D eigenvalue weighted by Crippen LogP contribution is -2.31. The van der Waals surface area contributed by atoms with E-state index in [-0.39, 0.29) is 5.91 Å². The third kappa shape index (κ3) is 3.89. The predicted molar refractivity (Wildman–Crippen MR) is 76.4 cm³/mol. The van der Waals surface area contributed by atoms with Gasteiger partial charge < -0.3 is 5.32 Å². The van der Waals surface area contributed by atoms with Gasteiger partial charge in [-0.15, -0.1) is 0 Å². The van der Waals surface area contributed by atoms with Crippen LogP contribution in [-0.2, 0) is 0 Å². The summed E-state index contributed by atoms with van der Waals surface area (Å²) < 4.78 is 0. The Morgan fingerprint density at radius 3 is 2.89 bits per heavy atom. The molecule has 1 aromatic heterocycles. The minimum Gasteiger partial charge on any atom is -0.352 e. The van der Waals surface area contributed by atoms with Crippen molar-refractivity contribution in [2.75, 3.05) is 18.1 Å². The average Bonchev–Trinajstić information content (AvgIpc) is 2.36. The second-order valence-corrected chi connectivity index (χ2v) is 6.20. The molecule has 0 unspecified atom stereocenters. The summed E-state index contributed by atoms with van der Waals surface area (Å²) in [4.78, 5) is 16.0. The first-order chi connectivity index (χ1) is 8.65. The molecule has 1 N–H and O–H groups in total. The van der Waals surface area contributed by atoms with E-state index in [1.807, 2.05) is 18.7 Å². The molecule has 0 bridgehead atoms. The van der Waals surface area contributed by atoms with E-state index in [1.54, 1.807) is 12.1 Å². The normalized spacial score (nSPS) is 16.6. The molecule has 0 aliphatic carbocycles. The molecule has 0 saturated carbocycles. The number of halogens is 1. The Balaban J connectivity index is 1.90. The maximum Gasteiger partial charge on any atom is 0.251 e. The van der Waals surface area contributed by atoms with Crippen LogP contribution < -0.4 is 5.32 Å². The van der Waals surface area contributed by atoms with Crippen LogP contribution in [0.15, 0.2) is 12.1 Å². The molecule has 2 heterocycles. The highest BCUT2D eigenvalue weighted by Crippen LogP contribution is 2.22. The van der Waals surface area contributed by atoms with Crippen molar-refractivity contribution in [3.63, 3.8) is 0 Å². The van der Waals surface area contributed by atoms with Gasteiger partial charge in [-0.05, 0) is 49.3 Å². The lowest BCUT2D eigenvalue weighted by Gasteiger charge is -2.21. The Morgan fingerprint density at radius 2 is 2.22 bits per heavy atom. The Hall–Kier alpha value is -0.740. The van der Waals surface area contributed by atoms with Gasteiger partial charge in [0.2, 0.25) is 0 Å². The SMILES string of the molecule is Cc1cc(C(=O)NCC2CCSCC2)cc(Cl)n1. The number of rotatable bonds is 3. The molecule has 0 atom stereocenters. The Bertz CT molecular complexity index is 413. The maximum absolute atomic E-state index is 12.0. The van der Waals surface area contributed by atoms with Crippen molar-refractivity contribution in [3.8, 4) is 0 Å². The van der Waals surface area contributed by atoms with Crippen LogP contribution in [-0.4, -0.2) is 28.9 Å².